The first-order valence-electron chi connectivity index (χ1n) is 9.04. The van der Waals surface area contributed by atoms with E-state index < -0.39 is 0 Å². The van der Waals surface area contributed by atoms with Crippen LogP contribution in [0.5, 0.6) is 5.75 Å². The predicted molar refractivity (Wildman–Crippen MR) is 90.3 cm³/mol. The van der Waals surface area contributed by atoms with Gasteiger partial charge in [-0.15, -0.1) is 0 Å². The van der Waals surface area contributed by atoms with E-state index in [1.807, 2.05) is 18.2 Å². The molecule has 3 atom stereocenters. The van der Waals surface area contributed by atoms with Crippen molar-refractivity contribution in [2.24, 2.45) is 11.8 Å². The van der Waals surface area contributed by atoms with Crippen LogP contribution in [0.4, 0.5) is 0 Å². The van der Waals surface area contributed by atoms with Crippen molar-refractivity contribution in [2.45, 2.75) is 50.0 Å². The number of rotatable bonds is 3. The number of likely N-dealkylation sites (tertiary alicyclic amines) is 1. The molecule has 2 aliphatic carbocycles. The molecule has 1 aromatic rings. The normalized spacial score (nSPS) is 32.6. The molecule has 3 unspecified atom stereocenters. The van der Waals surface area contributed by atoms with Crippen LogP contribution in [0.1, 0.15) is 44.1 Å². The van der Waals surface area contributed by atoms with Crippen LogP contribution in [0.15, 0.2) is 24.3 Å². The fraction of sp³-hybridized carbons (Fsp3) is 0.650. The van der Waals surface area contributed by atoms with E-state index >= 15 is 0 Å². The Morgan fingerprint density at radius 2 is 1.96 bits per heavy atom. The van der Waals surface area contributed by atoms with Gasteiger partial charge < -0.3 is 4.74 Å². The van der Waals surface area contributed by atoms with Crippen molar-refractivity contribution in [3.8, 4) is 11.8 Å². The van der Waals surface area contributed by atoms with Crippen LogP contribution in [-0.4, -0.2) is 31.1 Å². The molecule has 0 aromatic heterocycles. The summed E-state index contributed by atoms with van der Waals surface area (Å²) in [6.07, 6.45) is 7.60. The van der Waals surface area contributed by atoms with Gasteiger partial charge in [0.25, 0.3) is 0 Å². The first-order chi connectivity index (χ1) is 11.3. The van der Waals surface area contributed by atoms with Crippen LogP contribution < -0.4 is 4.74 Å². The van der Waals surface area contributed by atoms with Crippen LogP contribution in [0.2, 0.25) is 0 Å². The molecule has 23 heavy (non-hydrogen) atoms. The molecular weight excluding hydrogens is 284 g/mol. The van der Waals surface area contributed by atoms with Crippen LogP contribution >= 0.6 is 0 Å². The lowest BCUT2D eigenvalue weighted by atomic mass is 9.73. The van der Waals surface area contributed by atoms with Gasteiger partial charge in [0.05, 0.1) is 18.6 Å². The van der Waals surface area contributed by atoms with Crippen molar-refractivity contribution in [2.75, 3.05) is 20.2 Å². The minimum atomic E-state index is -0.374. The van der Waals surface area contributed by atoms with Crippen molar-refractivity contribution in [3.05, 3.63) is 29.8 Å². The van der Waals surface area contributed by atoms with Gasteiger partial charge in [-0.2, -0.15) is 5.26 Å². The van der Waals surface area contributed by atoms with Crippen molar-refractivity contribution in [1.29, 1.82) is 5.26 Å². The molecule has 3 fully saturated rings. The highest BCUT2D eigenvalue weighted by Crippen LogP contribution is 2.48. The summed E-state index contributed by atoms with van der Waals surface area (Å²) in [7, 11) is 1.70. The zero-order valence-corrected chi connectivity index (χ0v) is 14.0. The Morgan fingerprint density at radius 3 is 2.57 bits per heavy atom. The zero-order chi connectivity index (χ0) is 15.9. The van der Waals surface area contributed by atoms with Gasteiger partial charge in [-0.25, -0.2) is 0 Å². The number of benzene rings is 1. The van der Waals surface area contributed by atoms with Crippen LogP contribution in [-0.2, 0) is 5.41 Å². The second-order valence-corrected chi connectivity index (χ2v) is 7.67. The Bertz CT molecular complexity index is 612. The van der Waals surface area contributed by atoms with E-state index in [-0.39, 0.29) is 5.41 Å². The molecule has 3 nitrogen and oxygen atoms in total. The van der Waals surface area contributed by atoms with E-state index in [0.717, 1.165) is 55.1 Å². The Balaban J connectivity index is 1.51. The molecule has 0 N–H and O–H groups in total. The Kier molecular flexibility index (Phi) is 3.81. The summed E-state index contributed by atoms with van der Waals surface area (Å²) in [6.45, 7) is 2.11. The molecule has 1 saturated heterocycles. The largest absolute Gasteiger partial charge is 0.496 e. The molecule has 1 heterocycles. The molecule has 0 radical (unpaired) electrons. The van der Waals surface area contributed by atoms with Gasteiger partial charge in [-0.1, -0.05) is 24.6 Å². The molecule has 3 aliphatic rings. The average molecular weight is 310 g/mol. The standard InChI is InChI=1S/C20H26N2O/c1-23-19-5-3-2-4-17(19)20(14-21)8-10-22(11-9-20)18-13-15-6-7-16(18)12-15/h2-5,15-16,18H,6-13H2,1H3. The maximum atomic E-state index is 9.95. The van der Waals surface area contributed by atoms with Gasteiger partial charge in [-0.3, -0.25) is 4.90 Å². The number of hydrogen-bond donors (Lipinski definition) is 0. The first kappa shape index (κ1) is 15.0. The monoisotopic (exact) mass is 310 g/mol. The molecule has 2 bridgehead atoms. The van der Waals surface area contributed by atoms with E-state index in [4.69, 9.17) is 4.74 Å². The molecule has 122 valence electrons. The molecule has 3 heteroatoms. The zero-order valence-electron chi connectivity index (χ0n) is 14.0. The smallest absolute Gasteiger partial charge is 0.123 e. The molecular formula is C20H26N2O. The van der Waals surface area contributed by atoms with E-state index in [9.17, 15) is 5.26 Å². The van der Waals surface area contributed by atoms with Gasteiger partial charge in [0.2, 0.25) is 0 Å². The highest BCUT2D eigenvalue weighted by molar-refractivity contribution is 5.44. The van der Waals surface area contributed by atoms with E-state index in [1.165, 1.54) is 25.7 Å². The van der Waals surface area contributed by atoms with Crippen molar-refractivity contribution >= 4 is 0 Å². The fourth-order valence-electron chi connectivity index (χ4n) is 5.38. The fourth-order valence-corrected chi connectivity index (χ4v) is 5.38. The highest BCUT2D eigenvalue weighted by atomic mass is 16.5. The minimum Gasteiger partial charge on any atom is -0.496 e. The summed E-state index contributed by atoms with van der Waals surface area (Å²) in [5.74, 6) is 2.78. The second kappa shape index (κ2) is 5.83. The predicted octanol–water partition coefficient (Wildman–Crippen LogP) is 3.74. The van der Waals surface area contributed by atoms with Crippen LogP contribution in [0.25, 0.3) is 0 Å². The summed E-state index contributed by atoms with van der Waals surface area (Å²) in [5, 5.41) is 9.95. The summed E-state index contributed by atoms with van der Waals surface area (Å²) in [6, 6.07) is 11.5. The molecule has 1 aliphatic heterocycles. The molecule has 1 aromatic carbocycles. The number of nitriles is 1. The van der Waals surface area contributed by atoms with E-state index in [0.29, 0.717) is 0 Å². The van der Waals surface area contributed by atoms with Gasteiger partial charge in [0.1, 0.15) is 5.75 Å². The summed E-state index contributed by atoms with van der Waals surface area (Å²) in [4.78, 5) is 2.69. The molecule has 4 rings (SSSR count). The average Bonchev–Trinajstić information content (AvgIpc) is 3.25. The van der Waals surface area contributed by atoms with E-state index in [2.05, 4.69) is 17.0 Å². The molecule has 2 saturated carbocycles. The van der Waals surface area contributed by atoms with Crippen LogP contribution in [0, 0.1) is 23.2 Å². The number of ether oxygens (including phenoxy) is 1. The maximum absolute atomic E-state index is 9.95. The number of nitrogens with zero attached hydrogens (tertiary/aromatic N) is 2. The van der Waals surface area contributed by atoms with E-state index in [1.54, 1.807) is 7.11 Å². The third-order valence-electron chi connectivity index (χ3n) is 6.66. The first-order valence-corrected chi connectivity index (χ1v) is 9.04. The summed E-state index contributed by atoms with van der Waals surface area (Å²) < 4.78 is 5.53. The molecule has 0 spiro atoms. The third-order valence-corrected chi connectivity index (χ3v) is 6.66. The summed E-state index contributed by atoms with van der Waals surface area (Å²) >= 11 is 0. The lowest BCUT2D eigenvalue weighted by Gasteiger charge is -2.43. The van der Waals surface area contributed by atoms with Crippen molar-refractivity contribution < 1.29 is 4.74 Å². The third kappa shape index (κ3) is 2.44. The second-order valence-electron chi connectivity index (χ2n) is 7.67. The van der Waals surface area contributed by atoms with Crippen molar-refractivity contribution in [1.82, 2.24) is 4.90 Å². The Morgan fingerprint density at radius 1 is 1.17 bits per heavy atom. The lowest BCUT2D eigenvalue weighted by molar-refractivity contribution is 0.0968. The Labute approximate surface area is 139 Å². The number of hydrogen-bond acceptors (Lipinski definition) is 3. The molecule has 0 amide bonds. The summed E-state index contributed by atoms with van der Waals surface area (Å²) in [5.41, 5.74) is 0.707. The number of fused-ring (bicyclic) bond motifs is 2. The maximum Gasteiger partial charge on any atom is 0.123 e. The van der Waals surface area contributed by atoms with Gasteiger partial charge in [-0.05, 0) is 50.0 Å². The SMILES string of the molecule is COc1ccccc1C1(C#N)CCN(C2CC3CCC2C3)CC1. The highest BCUT2D eigenvalue weighted by Gasteiger charge is 2.46. The lowest BCUT2D eigenvalue weighted by Crippen LogP contribution is -2.48. The van der Waals surface area contributed by atoms with Gasteiger partial charge in [0.15, 0.2) is 0 Å². The number of methoxy groups -OCH3 is 1. The Hall–Kier alpha value is -1.53. The quantitative estimate of drug-likeness (QED) is 0.853. The number of piperidine rings is 1. The van der Waals surface area contributed by atoms with Crippen LogP contribution in [0.3, 0.4) is 0 Å². The van der Waals surface area contributed by atoms with Gasteiger partial charge >= 0.3 is 0 Å². The van der Waals surface area contributed by atoms with Gasteiger partial charge in [0, 0.05) is 24.7 Å². The topological polar surface area (TPSA) is 36.3 Å². The minimum absolute atomic E-state index is 0.374. The number of para-hydroxylation sites is 1. The van der Waals surface area contributed by atoms with Crippen molar-refractivity contribution in [3.63, 3.8) is 0 Å².